The highest BCUT2D eigenvalue weighted by molar-refractivity contribution is 5.95. The molecule has 1 N–H and O–H groups in total. The normalized spacial score (nSPS) is 11.9. The quantitative estimate of drug-likeness (QED) is 0.828. The van der Waals surface area contributed by atoms with Gasteiger partial charge in [-0.2, -0.15) is 0 Å². The first-order valence-electron chi connectivity index (χ1n) is 8.13. The van der Waals surface area contributed by atoms with Crippen molar-refractivity contribution in [3.05, 3.63) is 59.7 Å². The lowest BCUT2D eigenvalue weighted by atomic mass is 9.96. The third kappa shape index (κ3) is 4.51. The Morgan fingerprint density at radius 3 is 2.25 bits per heavy atom. The molecule has 0 aliphatic carbocycles. The fraction of sp³-hybridized carbons (Fsp3) is 0.350. The van der Waals surface area contributed by atoms with Crippen LogP contribution in [0, 0.1) is 5.92 Å². The van der Waals surface area contributed by atoms with Gasteiger partial charge in [-0.1, -0.05) is 44.2 Å². The fourth-order valence-corrected chi connectivity index (χ4v) is 2.65. The summed E-state index contributed by atoms with van der Waals surface area (Å²) in [4.78, 5) is 12.7. The summed E-state index contributed by atoms with van der Waals surface area (Å²) in [7, 11) is 3.14. The lowest BCUT2D eigenvalue weighted by Gasteiger charge is -2.21. The summed E-state index contributed by atoms with van der Waals surface area (Å²) < 4.78 is 10.5. The van der Waals surface area contributed by atoms with Crippen LogP contribution >= 0.6 is 0 Å². The van der Waals surface area contributed by atoms with Crippen LogP contribution in [0.5, 0.6) is 11.5 Å². The molecule has 128 valence electrons. The number of methoxy groups -OCH3 is 2. The van der Waals surface area contributed by atoms with Crippen LogP contribution < -0.4 is 14.8 Å². The van der Waals surface area contributed by atoms with Crippen molar-refractivity contribution in [3.63, 3.8) is 0 Å². The Bertz CT molecular complexity index is 668. The number of hydrogen-bond acceptors (Lipinski definition) is 3. The summed E-state index contributed by atoms with van der Waals surface area (Å²) in [5.41, 5.74) is 1.66. The first kappa shape index (κ1) is 17.9. The average molecular weight is 327 g/mol. The zero-order chi connectivity index (χ0) is 17.5. The molecule has 2 aromatic rings. The number of ether oxygens (including phenoxy) is 2. The molecule has 0 spiro atoms. The number of hydrogen-bond donors (Lipinski definition) is 1. The van der Waals surface area contributed by atoms with Gasteiger partial charge in [0, 0.05) is 5.56 Å². The van der Waals surface area contributed by atoms with E-state index in [1.54, 1.807) is 32.4 Å². The first-order chi connectivity index (χ1) is 11.5. The van der Waals surface area contributed by atoms with E-state index in [2.05, 4.69) is 19.2 Å². The lowest BCUT2D eigenvalue weighted by Crippen LogP contribution is -2.29. The minimum absolute atomic E-state index is 0.0215. The van der Waals surface area contributed by atoms with E-state index in [0.29, 0.717) is 23.0 Å². The van der Waals surface area contributed by atoms with Crippen molar-refractivity contribution in [1.82, 2.24) is 5.32 Å². The number of nitrogens with one attached hydrogen (secondary N) is 1. The molecule has 2 aromatic carbocycles. The Kier molecular flexibility index (Phi) is 6.24. The Balaban J connectivity index is 2.21. The van der Waals surface area contributed by atoms with Gasteiger partial charge in [0.05, 0.1) is 20.3 Å². The van der Waals surface area contributed by atoms with Gasteiger partial charge in [-0.3, -0.25) is 4.79 Å². The molecule has 0 aliphatic heterocycles. The summed E-state index contributed by atoms with van der Waals surface area (Å²) in [6, 6.07) is 15.2. The molecule has 4 nitrogen and oxygen atoms in total. The molecule has 1 unspecified atom stereocenters. The zero-order valence-electron chi connectivity index (χ0n) is 14.7. The SMILES string of the molecule is COc1ccc(C(=O)NC(CC(C)C)c2ccccc2)cc1OC. The van der Waals surface area contributed by atoms with Gasteiger partial charge >= 0.3 is 0 Å². The van der Waals surface area contributed by atoms with Crippen molar-refractivity contribution >= 4 is 5.91 Å². The van der Waals surface area contributed by atoms with Gasteiger partial charge in [0.25, 0.3) is 5.91 Å². The third-order valence-electron chi connectivity index (χ3n) is 3.86. The maximum absolute atomic E-state index is 12.7. The van der Waals surface area contributed by atoms with Crippen molar-refractivity contribution in [3.8, 4) is 11.5 Å². The summed E-state index contributed by atoms with van der Waals surface area (Å²) >= 11 is 0. The Hall–Kier alpha value is -2.49. The van der Waals surface area contributed by atoms with E-state index in [9.17, 15) is 4.79 Å². The Morgan fingerprint density at radius 1 is 1.00 bits per heavy atom. The van der Waals surface area contributed by atoms with Crippen LogP contribution in [0.15, 0.2) is 48.5 Å². The molecule has 0 aliphatic rings. The average Bonchev–Trinajstić information content (AvgIpc) is 2.60. The van der Waals surface area contributed by atoms with E-state index in [4.69, 9.17) is 9.47 Å². The smallest absolute Gasteiger partial charge is 0.251 e. The van der Waals surface area contributed by atoms with Crippen LogP contribution in [-0.4, -0.2) is 20.1 Å². The van der Waals surface area contributed by atoms with Gasteiger partial charge in [-0.15, -0.1) is 0 Å². The monoisotopic (exact) mass is 327 g/mol. The van der Waals surface area contributed by atoms with Crippen LogP contribution in [0.2, 0.25) is 0 Å². The second-order valence-corrected chi connectivity index (χ2v) is 6.14. The maximum atomic E-state index is 12.7. The number of rotatable bonds is 7. The molecule has 0 aromatic heterocycles. The van der Waals surface area contributed by atoms with E-state index in [-0.39, 0.29) is 11.9 Å². The molecule has 0 fully saturated rings. The molecule has 0 radical (unpaired) electrons. The van der Waals surface area contributed by atoms with Crippen LogP contribution in [0.25, 0.3) is 0 Å². The van der Waals surface area contributed by atoms with Crippen molar-refractivity contribution in [2.45, 2.75) is 26.3 Å². The highest BCUT2D eigenvalue weighted by atomic mass is 16.5. The summed E-state index contributed by atoms with van der Waals surface area (Å²) in [5, 5.41) is 3.13. The lowest BCUT2D eigenvalue weighted by molar-refractivity contribution is 0.0931. The molecule has 2 rings (SSSR count). The van der Waals surface area contributed by atoms with E-state index in [0.717, 1.165) is 12.0 Å². The van der Waals surface area contributed by atoms with Crippen molar-refractivity contribution < 1.29 is 14.3 Å². The molecule has 24 heavy (non-hydrogen) atoms. The predicted molar refractivity (Wildman–Crippen MR) is 95.7 cm³/mol. The van der Waals surface area contributed by atoms with E-state index < -0.39 is 0 Å². The van der Waals surface area contributed by atoms with Crippen LogP contribution in [0.3, 0.4) is 0 Å². The standard InChI is InChI=1S/C20H25NO3/c1-14(2)12-17(15-8-6-5-7-9-15)21-20(22)16-10-11-18(23-3)19(13-16)24-4/h5-11,13-14,17H,12H2,1-4H3,(H,21,22). The number of carbonyl (C=O) groups is 1. The largest absolute Gasteiger partial charge is 0.493 e. The van der Waals surface area contributed by atoms with Gasteiger partial charge in [0.1, 0.15) is 0 Å². The van der Waals surface area contributed by atoms with Crippen LogP contribution in [0.1, 0.15) is 42.2 Å². The topological polar surface area (TPSA) is 47.6 Å². The molecular formula is C20H25NO3. The molecular weight excluding hydrogens is 302 g/mol. The van der Waals surface area contributed by atoms with E-state index >= 15 is 0 Å². The van der Waals surface area contributed by atoms with Crippen molar-refractivity contribution in [2.24, 2.45) is 5.92 Å². The maximum Gasteiger partial charge on any atom is 0.251 e. The molecule has 0 saturated carbocycles. The molecule has 0 saturated heterocycles. The fourth-order valence-electron chi connectivity index (χ4n) is 2.65. The Labute approximate surface area is 143 Å². The highest BCUT2D eigenvalue weighted by Gasteiger charge is 2.18. The van der Waals surface area contributed by atoms with Gasteiger partial charge in [-0.25, -0.2) is 0 Å². The molecule has 0 bridgehead atoms. The highest BCUT2D eigenvalue weighted by Crippen LogP contribution is 2.28. The third-order valence-corrected chi connectivity index (χ3v) is 3.86. The van der Waals surface area contributed by atoms with Crippen molar-refractivity contribution in [2.75, 3.05) is 14.2 Å². The molecule has 1 amide bonds. The Morgan fingerprint density at radius 2 is 1.67 bits per heavy atom. The van der Waals surface area contributed by atoms with Crippen LogP contribution in [0.4, 0.5) is 0 Å². The van der Waals surface area contributed by atoms with Crippen LogP contribution in [-0.2, 0) is 0 Å². The molecule has 1 atom stereocenters. The minimum Gasteiger partial charge on any atom is -0.493 e. The number of benzene rings is 2. The van der Waals surface area contributed by atoms with E-state index in [1.165, 1.54) is 0 Å². The second kappa shape index (κ2) is 8.39. The first-order valence-corrected chi connectivity index (χ1v) is 8.13. The predicted octanol–water partition coefficient (Wildman–Crippen LogP) is 4.22. The summed E-state index contributed by atoms with van der Waals surface area (Å²) in [6.45, 7) is 4.30. The molecule has 0 heterocycles. The summed E-state index contributed by atoms with van der Waals surface area (Å²) in [5.74, 6) is 1.51. The van der Waals surface area contributed by atoms with Gasteiger partial charge in [0.15, 0.2) is 11.5 Å². The summed E-state index contributed by atoms with van der Waals surface area (Å²) in [6.07, 6.45) is 0.878. The number of amides is 1. The van der Waals surface area contributed by atoms with Crippen molar-refractivity contribution in [1.29, 1.82) is 0 Å². The number of carbonyl (C=O) groups excluding carboxylic acids is 1. The van der Waals surface area contributed by atoms with Gasteiger partial charge in [0.2, 0.25) is 0 Å². The minimum atomic E-state index is -0.120. The van der Waals surface area contributed by atoms with Gasteiger partial charge in [-0.05, 0) is 36.1 Å². The molecule has 4 heteroatoms. The van der Waals surface area contributed by atoms with Gasteiger partial charge < -0.3 is 14.8 Å². The second-order valence-electron chi connectivity index (χ2n) is 6.14. The zero-order valence-corrected chi connectivity index (χ0v) is 14.7. The van der Waals surface area contributed by atoms with E-state index in [1.807, 2.05) is 30.3 Å².